The third-order valence-corrected chi connectivity index (χ3v) is 6.04. The lowest BCUT2D eigenvalue weighted by atomic mass is 10.00. The average molecular weight is 275 g/mol. The molecule has 0 unspecified atom stereocenters. The van der Waals surface area contributed by atoms with Gasteiger partial charge in [-0.05, 0) is 39.7 Å². The smallest absolute Gasteiger partial charge is 0.279 e. The van der Waals surface area contributed by atoms with E-state index in [1.807, 2.05) is 13.8 Å². The molecule has 106 valence electrons. The van der Waals surface area contributed by atoms with Crippen LogP contribution in [0.5, 0.6) is 0 Å². The summed E-state index contributed by atoms with van der Waals surface area (Å²) < 4.78 is 28.7. The van der Waals surface area contributed by atoms with Crippen molar-refractivity contribution < 1.29 is 8.42 Å². The Morgan fingerprint density at radius 2 is 1.94 bits per heavy atom. The highest BCUT2D eigenvalue weighted by molar-refractivity contribution is 7.87. The Morgan fingerprint density at radius 3 is 2.61 bits per heavy atom. The van der Waals surface area contributed by atoms with E-state index < -0.39 is 10.2 Å². The zero-order chi connectivity index (χ0) is 13.3. The normalized spacial score (nSPS) is 30.1. The maximum atomic E-state index is 12.2. The zero-order valence-electron chi connectivity index (χ0n) is 11.6. The first-order valence-electron chi connectivity index (χ1n) is 6.91. The summed E-state index contributed by atoms with van der Waals surface area (Å²) in [4.78, 5) is 2.44. The molecule has 0 aromatic rings. The molecule has 2 atom stereocenters. The van der Waals surface area contributed by atoms with Crippen molar-refractivity contribution in [2.24, 2.45) is 0 Å². The van der Waals surface area contributed by atoms with Gasteiger partial charge in [0.1, 0.15) is 0 Å². The van der Waals surface area contributed by atoms with E-state index in [9.17, 15) is 8.42 Å². The number of nitrogens with zero attached hydrogens (tertiary/aromatic N) is 2. The predicted molar refractivity (Wildman–Crippen MR) is 72.6 cm³/mol. The van der Waals surface area contributed by atoms with Gasteiger partial charge in [-0.25, -0.2) is 0 Å². The Hall–Kier alpha value is -0.170. The van der Waals surface area contributed by atoms with E-state index in [1.54, 1.807) is 7.05 Å². The van der Waals surface area contributed by atoms with E-state index in [0.29, 0.717) is 6.04 Å². The molecule has 0 radical (unpaired) electrons. The van der Waals surface area contributed by atoms with Crippen molar-refractivity contribution in [2.45, 2.75) is 57.7 Å². The van der Waals surface area contributed by atoms with Crippen molar-refractivity contribution in [1.82, 2.24) is 13.9 Å². The van der Waals surface area contributed by atoms with Crippen LogP contribution >= 0.6 is 0 Å². The number of fused-ring (bicyclic) bond motifs is 1. The maximum absolute atomic E-state index is 12.2. The van der Waals surface area contributed by atoms with Gasteiger partial charge >= 0.3 is 0 Å². The van der Waals surface area contributed by atoms with E-state index in [1.165, 1.54) is 17.1 Å². The Morgan fingerprint density at radius 1 is 1.22 bits per heavy atom. The van der Waals surface area contributed by atoms with E-state index in [2.05, 4.69) is 9.62 Å². The van der Waals surface area contributed by atoms with Crippen molar-refractivity contribution in [2.75, 3.05) is 20.1 Å². The van der Waals surface area contributed by atoms with Crippen LogP contribution in [0.1, 0.15) is 39.5 Å². The van der Waals surface area contributed by atoms with Crippen LogP contribution in [0.2, 0.25) is 0 Å². The zero-order valence-corrected chi connectivity index (χ0v) is 12.4. The fourth-order valence-corrected chi connectivity index (χ4v) is 4.32. The van der Waals surface area contributed by atoms with Crippen LogP contribution in [0.15, 0.2) is 0 Å². The van der Waals surface area contributed by atoms with Gasteiger partial charge in [0, 0.05) is 31.7 Å². The molecule has 0 aliphatic carbocycles. The van der Waals surface area contributed by atoms with Crippen LogP contribution in [-0.4, -0.2) is 55.9 Å². The second kappa shape index (κ2) is 5.45. The van der Waals surface area contributed by atoms with Crippen molar-refractivity contribution in [3.63, 3.8) is 0 Å². The lowest BCUT2D eigenvalue weighted by molar-refractivity contribution is 0.185. The monoisotopic (exact) mass is 275 g/mol. The molecule has 2 aliphatic heterocycles. The Bertz CT molecular complexity index is 383. The van der Waals surface area contributed by atoms with Crippen molar-refractivity contribution in [3.05, 3.63) is 0 Å². The van der Waals surface area contributed by atoms with Crippen molar-refractivity contribution in [3.8, 4) is 0 Å². The Kier molecular flexibility index (Phi) is 4.31. The molecule has 2 rings (SSSR count). The third kappa shape index (κ3) is 2.87. The van der Waals surface area contributed by atoms with Crippen LogP contribution in [0.25, 0.3) is 0 Å². The molecule has 5 nitrogen and oxygen atoms in total. The van der Waals surface area contributed by atoms with E-state index in [-0.39, 0.29) is 12.1 Å². The van der Waals surface area contributed by atoms with Gasteiger partial charge < -0.3 is 0 Å². The van der Waals surface area contributed by atoms with E-state index in [0.717, 1.165) is 25.9 Å². The molecular formula is C12H25N3O2S. The van der Waals surface area contributed by atoms with Crippen molar-refractivity contribution in [1.29, 1.82) is 0 Å². The van der Waals surface area contributed by atoms with Crippen LogP contribution in [0, 0.1) is 0 Å². The minimum Gasteiger partial charge on any atom is -0.299 e. The second-order valence-electron chi connectivity index (χ2n) is 5.73. The summed E-state index contributed by atoms with van der Waals surface area (Å²) in [6, 6.07) is 0.497. The van der Waals surface area contributed by atoms with Gasteiger partial charge in [-0.15, -0.1) is 0 Å². The van der Waals surface area contributed by atoms with Gasteiger partial charge in [-0.1, -0.05) is 6.42 Å². The lowest BCUT2D eigenvalue weighted by Crippen LogP contribution is -2.51. The molecule has 6 heteroatoms. The second-order valence-corrected chi connectivity index (χ2v) is 7.49. The summed E-state index contributed by atoms with van der Waals surface area (Å²) in [6.07, 6.45) is 4.54. The largest absolute Gasteiger partial charge is 0.299 e. The SMILES string of the molecule is CC(C)N(C)S(=O)(=O)N[C@H]1CCN2CCCC[C@H]12. The minimum atomic E-state index is -3.34. The summed E-state index contributed by atoms with van der Waals surface area (Å²) in [5, 5.41) is 0. The first-order chi connectivity index (χ1) is 8.42. The number of nitrogens with one attached hydrogen (secondary N) is 1. The van der Waals surface area contributed by atoms with E-state index in [4.69, 9.17) is 0 Å². The van der Waals surface area contributed by atoms with Gasteiger partial charge in [0.25, 0.3) is 10.2 Å². The van der Waals surface area contributed by atoms with Crippen LogP contribution in [0.3, 0.4) is 0 Å². The first kappa shape index (κ1) is 14.2. The predicted octanol–water partition coefficient (Wildman–Crippen LogP) is 0.788. The fraction of sp³-hybridized carbons (Fsp3) is 1.00. The summed E-state index contributed by atoms with van der Waals surface area (Å²) in [5.74, 6) is 0. The highest BCUT2D eigenvalue weighted by atomic mass is 32.2. The molecule has 0 aromatic carbocycles. The molecule has 0 saturated carbocycles. The topological polar surface area (TPSA) is 52.7 Å². The number of hydrogen-bond acceptors (Lipinski definition) is 3. The van der Waals surface area contributed by atoms with Gasteiger partial charge in [0.15, 0.2) is 0 Å². The quantitative estimate of drug-likeness (QED) is 0.825. The standard InChI is InChI=1S/C12H25N3O2S/c1-10(2)14(3)18(16,17)13-11-7-9-15-8-5-4-6-12(11)15/h10-13H,4-9H2,1-3H3/t11-,12+/m0/s1. The van der Waals surface area contributed by atoms with Crippen LogP contribution < -0.4 is 4.72 Å². The van der Waals surface area contributed by atoms with Gasteiger partial charge in [0.05, 0.1) is 0 Å². The lowest BCUT2D eigenvalue weighted by Gasteiger charge is -2.33. The first-order valence-corrected chi connectivity index (χ1v) is 8.35. The Balaban J connectivity index is 2.01. The molecule has 2 saturated heterocycles. The van der Waals surface area contributed by atoms with Gasteiger partial charge in [-0.2, -0.15) is 17.4 Å². The van der Waals surface area contributed by atoms with Gasteiger partial charge in [-0.3, -0.25) is 4.90 Å². The van der Waals surface area contributed by atoms with Crippen LogP contribution in [-0.2, 0) is 10.2 Å². The summed E-state index contributed by atoms with van der Waals surface area (Å²) >= 11 is 0. The third-order valence-electron chi connectivity index (χ3n) is 4.26. The number of piperidine rings is 1. The molecule has 1 N–H and O–H groups in total. The molecule has 0 bridgehead atoms. The summed E-state index contributed by atoms with van der Waals surface area (Å²) in [7, 11) is -1.70. The fourth-order valence-electron chi connectivity index (χ4n) is 2.94. The average Bonchev–Trinajstić information content (AvgIpc) is 2.71. The summed E-state index contributed by atoms with van der Waals surface area (Å²) in [6.45, 7) is 5.94. The van der Waals surface area contributed by atoms with Crippen molar-refractivity contribution >= 4 is 10.2 Å². The molecule has 0 spiro atoms. The highest BCUT2D eigenvalue weighted by Gasteiger charge is 2.38. The molecular weight excluding hydrogens is 250 g/mol. The highest BCUT2D eigenvalue weighted by Crippen LogP contribution is 2.27. The summed E-state index contributed by atoms with van der Waals surface area (Å²) in [5.41, 5.74) is 0. The van der Waals surface area contributed by atoms with Crippen LogP contribution in [0.4, 0.5) is 0 Å². The minimum absolute atomic E-state index is 0.00800. The molecule has 2 aliphatic rings. The van der Waals surface area contributed by atoms with Gasteiger partial charge in [0.2, 0.25) is 0 Å². The molecule has 0 amide bonds. The molecule has 2 heterocycles. The Labute approximate surface area is 111 Å². The number of rotatable bonds is 4. The molecule has 0 aromatic heterocycles. The molecule has 18 heavy (non-hydrogen) atoms. The van der Waals surface area contributed by atoms with E-state index >= 15 is 0 Å². The maximum Gasteiger partial charge on any atom is 0.279 e. The molecule has 2 fully saturated rings. The number of hydrogen-bond donors (Lipinski definition) is 1.